The summed E-state index contributed by atoms with van der Waals surface area (Å²) >= 11 is 0. The lowest BCUT2D eigenvalue weighted by Gasteiger charge is -2.36. The summed E-state index contributed by atoms with van der Waals surface area (Å²) in [5, 5.41) is 0. The van der Waals surface area contributed by atoms with Crippen molar-refractivity contribution in [2.24, 2.45) is 5.41 Å². The summed E-state index contributed by atoms with van der Waals surface area (Å²) < 4.78 is 6.59. The first-order valence-corrected chi connectivity index (χ1v) is 6.35. The highest BCUT2D eigenvalue weighted by molar-refractivity contribution is 5.92. The molecule has 1 heterocycles. The van der Waals surface area contributed by atoms with Gasteiger partial charge in [0.2, 0.25) is 0 Å². The lowest BCUT2D eigenvalue weighted by molar-refractivity contribution is 0.0596. The van der Waals surface area contributed by atoms with Gasteiger partial charge in [0.1, 0.15) is 5.82 Å². The molecule has 0 radical (unpaired) electrons. The number of anilines is 1. The Labute approximate surface area is 107 Å². The van der Waals surface area contributed by atoms with E-state index in [-0.39, 0.29) is 5.69 Å². The molecule has 0 amide bonds. The third kappa shape index (κ3) is 2.35. The Bertz CT molecular complexity index is 451. The van der Waals surface area contributed by atoms with Gasteiger partial charge in [-0.05, 0) is 24.7 Å². The predicted octanol–water partition coefficient (Wildman–Crippen LogP) is 2.39. The van der Waals surface area contributed by atoms with Crippen LogP contribution >= 0.6 is 0 Å². The summed E-state index contributed by atoms with van der Waals surface area (Å²) in [4.78, 5) is 15.6. The number of carbonyl (C=O) groups is 1. The number of carbonyl (C=O) groups excluding carboxylic acids is 1. The van der Waals surface area contributed by atoms with Crippen molar-refractivity contribution in [3.05, 3.63) is 12.0 Å². The molecule has 1 saturated carbocycles. The number of rotatable bonds is 2. The van der Waals surface area contributed by atoms with E-state index in [1.165, 1.54) is 20.0 Å². The zero-order valence-corrected chi connectivity index (χ0v) is 11.3. The van der Waals surface area contributed by atoms with Crippen molar-refractivity contribution in [3.63, 3.8) is 0 Å². The molecule has 5 nitrogen and oxygen atoms in total. The molecule has 0 bridgehead atoms. The van der Waals surface area contributed by atoms with Crippen LogP contribution in [0, 0.1) is 5.41 Å². The molecule has 0 aliphatic heterocycles. The molecule has 1 aromatic rings. The minimum absolute atomic E-state index is 0.223. The fourth-order valence-corrected chi connectivity index (χ4v) is 2.81. The van der Waals surface area contributed by atoms with Gasteiger partial charge in [-0.15, -0.1) is 0 Å². The van der Waals surface area contributed by atoms with Gasteiger partial charge in [0.25, 0.3) is 0 Å². The van der Waals surface area contributed by atoms with E-state index in [0.717, 1.165) is 12.8 Å². The SMILES string of the molecule is COC(=O)c1ncn(C2CCCC(C)(C)C2)c1N. The number of esters is 1. The van der Waals surface area contributed by atoms with Gasteiger partial charge in [0.15, 0.2) is 5.69 Å². The second-order valence-corrected chi connectivity index (χ2v) is 5.79. The Hall–Kier alpha value is -1.52. The average Bonchev–Trinajstić information content (AvgIpc) is 2.69. The monoisotopic (exact) mass is 251 g/mol. The van der Waals surface area contributed by atoms with E-state index in [4.69, 9.17) is 5.73 Å². The van der Waals surface area contributed by atoms with Crippen molar-refractivity contribution >= 4 is 11.8 Å². The van der Waals surface area contributed by atoms with Crippen LogP contribution in [0.25, 0.3) is 0 Å². The van der Waals surface area contributed by atoms with Gasteiger partial charge in [-0.2, -0.15) is 0 Å². The largest absolute Gasteiger partial charge is 0.464 e. The van der Waals surface area contributed by atoms with Gasteiger partial charge in [-0.25, -0.2) is 9.78 Å². The standard InChI is InChI=1S/C13H21N3O2/c1-13(2)6-4-5-9(7-13)16-8-15-10(11(16)14)12(17)18-3/h8-9H,4-7,14H2,1-3H3. The average molecular weight is 251 g/mol. The van der Waals surface area contributed by atoms with Crippen molar-refractivity contribution in [2.45, 2.75) is 45.6 Å². The fourth-order valence-electron chi connectivity index (χ4n) is 2.81. The molecule has 1 fully saturated rings. The number of hydrogen-bond donors (Lipinski definition) is 1. The molecule has 0 saturated heterocycles. The van der Waals surface area contributed by atoms with Gasteiger partial charge < -0.3 is 15.0 Å². The van der Waals surface area contributed by atoms with E-state index < -0.39 is 5.97 Å². The molecular weight excluding hydrogens is 230 g/mol. The highest BCUT2D eigenvalue weighted by Gasteiger charge is 2.30. The lowest BCUT2D eigenvalue weighted by atomic mass is 9.75. The van der Waals surface area contributed by atoms with Gasteiger partial charge in [-0.1, -0.05) is 20.3 Å². The number of aromatic nitrogens is 2. The van der Waals surface area contributed by atoms with Crippen LogP contribution in [-0.2, 0) is 4.74 Å². The molecule has 1 atom stereocenters. The molecule has 2 N–H and O–H groups in total. The number of ether oxygens (including phenoxy) is 1. The van der Waals surface area contributed by atoms with Crippen LogP contribution in [0.1, 0.15) is 56.1 Å². The van der Waals surface area contributed by atoms with Gasteiger partial charge >= 0.3 is 5.97 Å². The van der Waals surface area contributed by atoms with Crippen molar-refractivity contribution in [1.29, 1.82) is 0 Å². The number of imidazole rings is 1. The Morgan fingerprint density at radius 3 is 2.94 bits per heavy atom. The molecule has 1 aliphatic rings. The van der Waals surface area contributed by atoms with Gasteiger partial charge in [0.05, 0.1) is 13.4 Å². The zero-order chi connectivity index (χ0) is 13.3. The molecule has 2 rings (SSSR count). The van der Waals surface area contributed by atoms with E-state index >= 15 is 0 Å². The van der Waals surface area contributed by atoms with Gasteiger partial charge in [0, 0.05) is 6.04 Å². The van der Waals surface area contributed by atoms with Crippen LogP contribution in [0.15, 0.2) is 6.33 Å². The van der Waals surface area contributed by atoms with E-state index in [9.17, 15) is 4.79 Å². The highest BCUT2D eigenvalue weighted by Crippen LogP contribution is 2.41. The molecule has 0 aromatic carbocycles. The van der Waals surface area contributed by atoms with Crippen molar-refractivity contribution < 1.29 is 9.53 Å². The van der Waals surface area contributed by atoms with Crippen molar-refractivity contribution in [1.82, 2.24) is 9.55 Å². The maximum absolute atomic E-state index is 11.5. The summed E-state index contributed by atoms with van der Waals surface area (Å²) in [6.45, 7) is 4.54. The summed E-state index contributed by atoms with van der Waals surface area (Å²) in [7, 11) is 1.34. The summed E-state index contributed by atoms with van der Waals surface area (Å²) in [6, 6.07) is 0.333. The topological polar surface area (TPSA) is 70.1 Å². The normalized spacial score (nSPS) is 22.7. The Balaban J connectivity index is 2.24. The summed E-state index contributed by atoms with van der Waals surface area (Å²) in [6.07, 6.45) is 6.23. The minimum Gasteiger partial charge on any atom is -0.464 e. The second-order valence-electron chi connectivity index (χ2n) is 5.79. The zero-order valence-electron chi connectivity index (χ0n) is 11.3. The maximum Gasteiger partial charge on any atom is 0.360 e. The molecule has 18 heavy (non-hydrogen) atoms. The Morgan fingerprint density at radius 1 is 1.61 bits per heavy atom. The van der Waals surface area contributed by atoms with Crippen LogP contribution in [0.4, 0.5) is 5.82 Å². The number of hydrogen-bond acceptors (Lipinski definition) is 4. The number of methoxy groups -OCH3 is 1. The van der Waals surface area contributed by atoms with E-state index in [0.29, 0.717) is 17.3 Å². The first-order valence-electron chi connectivity index (χ1n) is 6.35. The van der Waals surface area contributed by atoms with Crippen LogP contribution in [0.5, 0.6) is 0 Å². The Morgan fingerprint density at radius 2 is 2.33 bits per heavy atom. The summed E-state index contributed by atoms with van der Waals surface area (Å²) in [5.41, 5.74) is 6.55. The van der Waals surface area contributed by atoms with Crippen LogP contribution < -0.4 is 5.73 Å². The van der Waals surface area contributed by atoms with Crippen LogP contribution in [0.2, 0.25) is 0 Å². The minimum atomic E-state index is -0.471. The smallest absolute Gasteiger partial charge is 0.360 e. The number of nitrogens with zero attached hydrogens (tertiary/aromatic N) is 2. The van der Waals surface area contributed by atoms with Gasteiger partial charge in [-0.3, -0.25) is 0 Å². The van der Waals surface area contributed by atoms with Crippen LogP contribution in [-0.4, -0.2) is 22.6 Å². The number of nitrogen functional groups attached to an aromatic ring is 1. The summed E-state index contributed by atoms with van der Waals surface area (Å²) in [5.74, 6) is -0.0501. The maximum atomic E-state index is 11.5. The number of nitrogens with two attached hydrogens (primary N) is 1. The van der Waals surface area contributed by atoms with Crippen molar-refractivity contribution in [2.75, 3.05) is 12.8 Å². The van der Waals surface area contributed by atoms with Crippen molar-refractivity contribution in [3.8, 4) is 0 Å². The first kappa shape index (κ1) is 12.9. The Kier molecular flexibility index (Phi) is 3.32. The predicted molar refractivity (Wildman–Crippen MR) is 69.3 cm³/mol. The third-order valence-electron chi connectivity index (χ3n) is 3.78. The molecule has 1 aliphatic carbocycles. The fraction of sp³-hybridized carbons (Fsp3) is 0.692. The molecule has 1 aromatic heterocycles. The first-order chi connectivity index (χ1) is 8.44. The molecule has 5 heteroatoms. The molecular formula is C13H21N3O2. The second kappa shape index (κ2) is 4.63. The highest BCUT2D eigenvalue weighted by atomic mass is 16.5. The molecule has 1 unspecified atom stereocenters. The van der Waals surface area contributed by atoms with E-state index in [2.05, 4.69) is 23.6 Å². The van der Waals surface area contributed by atoms with Crippen LogP contribution in [0.3, 0.4) is 0 Å². The molecule has 100 valence electrons. The molecule has 0 spiro atoms. The third-order valence-corrected chi connectivity index (χ3v) is 3.78. The lowest BCUT2D eigenvalue weighted by Crippen LogP contribution is -2.25. The van der Waals surface area contributed by atoms with E-state index in [1.54, 1.807) is 6.33 Å². The van der Waals surface area contributed by atoms with E-state index in [1.807, 2.05) is 4.57 Å². The quantitative estimate of drug-likeness (QED) is 0.819.